The molecular weight excluding hydrogens is 253 g/mol. The van der Waals surface area contributed by atoms with Gasteiger partial charge in [0.25, 0.3) is 0 Å². The molecule has 2 N–H and O–H groups in total. The molecule has 0 radical (unpaired) electrons. The molecule has 0 aliphatic rings. The van der Waals surface area contributed by atoms with Crippen LogP contribution in [0.4, 0.5) is 4.39 Å². The highest BCUT2D eigenvalue weighted by atomic mass is 35.5. The van der Waals surface area contributed by atoms with Crippen LogP contribution in [0.5, 0.6) is 5.75 Å². The van der Waals surface area contributed by atoms with E-state index in [0.29, 0.717) is 22.9 Å². The summed E-state index contributed by atoms with van der Waals surface area (Å²) in [5.41, 5.74) is 6.98. The third kappa shape index (κ3) is 3.22. The van der Waals surface area contributed by atoms with Crippen molar-refractivity contribution in [3.05, 3.63) is 64.4 Å². The van der Waals surface area contributed by atoms with Crippen LogP contribution in [0.1, 0.15) is 11.1 Å². The Labute approximate surface area is 110 Å². The Morgan fingerprint density at radius 2 is 2.00 bits per heavy atom. The van der Waals surface area contributed by atoms with Gasteiger partial charge in [0.15, 0.2) is 0 Å². The molecule has 2 rings (SSSR count). The lowest BCUT2D eigenvalue weighted by molar-refractivity contribution is 0.299. The lowest BCUT2D eigenvalue weighted by Crippen LogP contribution is -2.00. The molecule has 18 heavy (non-hydrogen) atoms. The molecule has 0 unspecified atom stereocenters. The molecule has 0 fully saturated rings. The zero-order chi connectivity index (χ0) is 13.0. The van der Waals surface area contributed by atoms with Gasteiger partial charge in [-0.25, -0.2) is 4.39 Å². The molecule has 2 aromatic rings. The van der Waals surface area contributed by atoms with Gasteiger partial charge in [0.2, 0.25) is 0 Å². The fourth-order valence-corrected chi connectivity index (χ4v) is 1.72. The summed E-state index contributed by atoms with van der Waals surface area (Å²) in [5.74, 6) is 0.310. The van der Waals surface area contributed by atoms with E-state index in [4.69, 9.17) is 22.1 Å². The highest BCUT2D eigenvalue weighted by Crippen LogP contribution is 2.18. The first-order valence-electron chi connectivity index (χ1n) is 5.55. The van der Waals surface area contributed by atoms with Gasteiger partial charge in [-0.1, -0.05) is 29.8 Å². The van der Waals surface area contributed by atoms with E-state index in [2.05, 4.69) is 0 Å². The van der Waals surface area contributed by atoms with Gasteiger partial charge in [0, 0.05) is 17.1 Å². The average Bonchev–Trinajstić information content (AvgIpc) is 2.38. The van der Waals surface area contributed by atoms with Crippen molar-refractivity contribution in [2.45, 2.75) is 13.2 Å². The second-order valence-electron chi connectivity index (χ2n) is 3.88. The van der Waals surface area contributed by atoms with E-state index < -0.39 is 0 Å². The van der Waals surface area contributed by atoms with Crippen LogP contribution in [-0.4, -0.2) is 0 Å². The van der Waals surface area contributed by atoms with E-state index in [1.54, 1.807) is 12.1 Å². The number of halogens is 2. The standard InChI is InChI=1S/C14H13ClFNO/c15-12-5-4-11(14(16)7-12)9-18-13-3-1-2-10(6-13)8-17/h1-7H,8-9,17H2. The molecule has 0 amide bonds. The number of benzene rings is 2. The monoisotopic (exact) mass is 265 g/mol. The summed E-state index contributed by atoms with van der Waals surface area (Å²) in [6, 6.07) is 12.0. The van der Waals surface area contributed by atoms with Gasteiger partial charge in [-0.05, 0) is 29.8 Å². The van der Waals surface area contributed by atoms with Crippen LogP contribution in [0.3, 0.4) is 0 Å². The first-order valence-corrected chi connectivity index (χ1v) is 5.92. The number of hydrogen-bond acceptors (Lipinski definition) is 2. The van der Waals surface area contributed by atoms with Gasteiger partial charge in [-0.2, -0.15) is 0 Å². The van der Waals surface area contributed by atoms with Gasteiger partial charge in [0.05, 0.1) is 0 Å². The van der Waals surface area contributed by atoms with Crippen molar-refractivity contribution in [1.82, 2.24) is 0 Å². The van der Waals surface area contributed by atoms with Crippen LogP contribution in [-0.2, 0) is 13.2 Å². The third-order valence-corrected chi connectivity index (χ3v) is 2.78. The zero-order valence-corrected chi connectivity index (χ0v) is 10.5. The van der Waals surface area contributed by atoms with Gasteiger partial charge >= 0.3 is 0 Å². The largest absolute Gasteiger partial charge is 0.489 e. The maximum Gasteiger partial charge on any atom is 0.131 e. The topological polar surface area (TPSA) is 35.2 Å². The second-order valence-corrected chi connectivity index (χ2v) is 4.31. The highest BCUT2D eigenvalue weighted by molar-refractivity contribution is 6.30. The predicted octanol–water partition coefficient (Wildman–Crippen LogP) is 3.52. The maximum absolute atomic E-state index is 13.5. The second kappa shape index (κ2) is 5.85. The molecule has 0 aliphatic heterocycles. The summed E-state index contributed by atoms with van der Waals surface area (Å²) < 4.78 is 19.0. The first-order chi connectivity index (χ1) is 8.69. The number of ether oxygens (including phenoxy) is 1. The van der Waals surface area contributed by atoms with Crippen molar-refractivity contribution in [1.29, 1.82) is 0 Å². The third-order valence-electron chi connectivity index (χ3n) is 2.54. The van der Waals surface area contributed by atoms with E-state index in [1.807, 2.05) is 24.3 Å². The predicted molar refractivity (Wildman–Crippen MR) is 70.1 cm³/mol. The minimum Gasteiger partial charge on any atom is -0.489 e. The molecule has 2 nitrogen and oxygen atoms in total. The maximum atomic E-state index is 13.5. The molecule has 4 heteroatoms. The molecule has 0 aliphatic carbocycles. The Morgan fingerprint density at radius 3 is 2.72 bits per heavy atom. The SMILES string of the molecule is NCc1cccc(OCc2ccc(Cl)cc2F)c1. The number of hydrogen-bond donors (Lipinski definition) is 1. The average molecular weight is 266 g/mol. The first kappa shape index (κ1) is 12.9. The molecule has 0 aromatic heterocycles. The Bertz CT molecular complexity index is 545. The number of rotatable bonds is 4. The van der Waals surface area contributed by atoms with E-state index in [-0.39, 0.29) is 12.4 Å². The van der Waals surface area contributed by atoms with E-state index >= 15 is 0 Å². The van der Waals surface area contributed by atoms with Gasteiger partial charge in [-0.15, -0.1) is 0 Å². The summed E-state index contributed by atoms with van der Waals surface area (Å²) in [4.78, 5) is 0. The van der Waals surface area contributed by atoms with Crippen LogP contribution in [0.15, 0.2) is 42.5 Å². The molecule has 0 bridgehead atoms. The molecule has 0 saturated heterocycles. The zero-order valence-electron chi connectivity index (χ0n) is 9.70. The Balaban J connectivity index is 2.06. The van der Waals surface area contributed by atoms with Gasteiger partial charge in [-0.3, -0.25) is 0 Å². The summed E-state index contributed by atoms with van der Waals surface area (Å²) in [5, 5.41) is 0.376. The molecular formula is C14H13ClFNO. The van der Waals surface area contributed by atoms with Crippen LogP contribution in [0, 0.1) is 5.82 Å². The normalized spacial score (nSPS) is 10.4. The minimum atomic E-state index is -0.363. The van der Waals surface area contributed by atoms with Crippen molar-refractivity contribution in [3.63, 3.8) is 0 Å². The molecule has 0 spiro atoms. The van der Waals surface area contributed by atoms with Crippen molar-refractivity contribution in [3.8, 4) is 5.75 Å². The quantitative estimate of drug-likeness (QED) is 0.918. The smallest absolute Gasteiger partial charge is 0.131 e. The fourth-order valence-electron chi connectivity index (χ4n) is 1.56. The Hall–Kier alpha value is -1.58. The van der Waals surface area contributed by atoms with Crippen LogP contribution in [0.2, 0.25) is 5.02 Å². The van der Waals surface area contributed by atoms with E-state index in [9.17, 15) is 4.39 Å². The molecule has 0 heterocycles. The molecule has 94 valence electrons. The Kier molecular flexibility index (Phi) is 4.18. The van der Waals surface area contributed by atoms with Crippen LogP contribution in [0.25, 0.3) is 0 Å². The van der Waals surface area contributed by atoms with Crippen molar-refractivity contribution in [2.75, 3.05) is 0 Å². The van der Waals surface area contributed by atoms with Crippen molar-refractivity contribution in [2.24, 2.45) is 5.73 Å². The van der Waals surface area contributed by atoms with Gasteiger partial charge < -0.3 is 10.5 Å². The number of nitrogens with two attached hydrogens (primary N) is 1. The van der Waals surface area contributed by atoms with E-state index in [1.165, 1.54) is 6.07 Å². The summed E-state index contributed by atoms with van der Waals surface area (Å²) in [6.45, 7) is 0.615. The molecule has 0 atom stereocenters. The summed E-state index contributed by atoms with van der Waals surface area (Å²) >= 11 is 5.68. The molecule has 0 saturated carbocycles. The van der Waals surface area contributed by atoms with Crippen molar-refractivity contribution >= 4 is 11.6 Å². The van der Waals surface area contributed by atoms with Gasteiger partial charge in [0.1, 0.15) is 18.2 Å². The fraction of sp³-hybridized carbons (Fsp3) is 0.143. The van der Waals surface area contributed by atoms with E-state index in [0.717, 1.165) is 5.56 Å². The lowest BCUT2D eigenvalue weighted by atomic mass is 10.2. The van der Waals surface area contributed by atoms with Crippen LogP contribution < -0.4 is 10.5 Å². The van der Waals surface area contributed by atoms with Crippen molar-refractivity contribution < 1.29 is 9.13 Å². The summed E-state index contributed by atoms with van der Waals surface area (Å²) in [6.07, 6.45) is 0. The minimum absolute atomic E-state index is 0.164. The lowest BCUT2D eigenvalue weighted by Gasteiger charge is -2.08. The molecule has 2 aromatic carbocycles. The Morgan fingerprint density at radius 1 is 1.17 bits per heavy atom. The summed E-state index contributed by atoms with van der Waals surface area (Å²) in [7, 11) is 0. The van der Waals surface area contributed by atoms with Crippen LogP contribution >= 0.6 is 11.6 Å². The highest BCUT2D eigenvalue weighted by Gasteiger charge is 2.04.